The summed E-state index contributed by atoms with van der Waals surface area (Å²) in [5, 5.41) is 27.6. The van der Waals surface area contributed by atoms with Crippen LogP contribution < -0.4 is 15.4 Å². The second kappa shape index (κ2) is 12.8. The van der Waals surface area contributed by atoms with Gasteiger partial charge in [-0.05, 0) is 54.3 Å². The van der Waals surface area contributed by atoms with Crippen molar-refractivity contribution in [3.05, 3.63) is 119 Å². The number of hydrogen-bond donors (Lipinski definition) is 6. The van der Waals surface area contributed by atoms with Crippen LogP contribution in [0.2, 0.25) is 0 Å². The molecule has 1 aliphatic rings. The number of amides is 2. The van der Waals surface area contributed by atoms with Gasteiger partial charge in [0.05, 0.1) is 23.1 Å². The van der Waals surface area contributed by atoms with Crippen molar-refractivity contribution >= 4 is 32.7 Å². The lowest BCUT2D eigenvalue weighted by atomic mass is 9.96. The Morgan fingerprint density at radius 3 is 2.33 bits per heavy atom. The number of aliphatic hydroxyl groups is 1. The zero-order valence-electron chi connectivity index (χ0n) is 25.0. The summed E-state index contributed by atoms with van der Waals surface area (Å²) in [7, 11) is -4.15. The standard InChI is InChI=1S/C35H34N4O6S/c1-21-10-13-25(14-11-21)46(44,45)39-30-18-24-19-36-33-26(24)8-5-9-27(33)28-17-23(12-15-32(28)41)31(20-40)38-34(42)29(37-35(30)43)16-22-6-3-2-4-7-22/h2-15,17,19,29-31,36,39-41H,16,18,20H2,1H3,(H,37,43)(H,38,42)/t29-,30-,31+/m1/s1. The molecule has 6 bridgehead atoms. The topological polar surface area (TPSA) is 161 Å². The molecule has 236 valence electrons. The number of carbonyl (C=O) groups is 2. The Kier molecular flexibility index (Phi) is 8.63. The maximum Gasteiger partial charge on any atom is 0.243 e. The first-order valence-electron chi connectivity index (χ1n) is 14.9. The Morgan fingerprint density at radius 1 is 0.848 bits per heavy atom. The number of fused-ring (bicyclic) bond motifs is 3. The molecule has 6 rings (SSSR count). The van der Waals surface area contributed by atoms with Gasteiger partial charge in [-0.15, -0.1) is 0 Å². The van der Waals surface area contributed by atoms with E-state index in [1.807, 2.05) is 55.5 Å². The number of para-hydroxylation sites is 1. The molecule has 6 N–H and O–H groups in total. The lowest BCUT2D eigenvalue weighted by Gasteiger charge is -2.25. The predicted octanol–water partition coefficient (Wildman–Crippen LogP) is 3.63. The monoisotopic (exact) mass is 638 g/mol. The molecule has 5 aromatic rings. The summed E-state index contributed by atoms with van der Waals surface area (Å²) in [6.45, 7) is 1.40. The second-order valence-electron chi connectivity index (χ2n) is 11.5. The van der Waals surface area contributed by atoms with Crippen LogP contribution in [0.3, 0.4) is 0 Å². The molecular formula is C35H34N4O6S. The van der Waals surface area contributed by atoms with Crippen LogP contribution in [0, 0.1) is 6.92 Å². The van der Waals surface area contributed by atoms with E-state index in [0.717, 1.165) is 16.5 Å². The number of phenolic OH excluding ortho intramolecular Hbond substituents is 1. The number of hydrogen-bond acceptors (Lipinski definition) is 6. The Morgan fingerprint density at radius 2 is 1.59 bits per heavy atom. The normalized spacial score (nSPS) is 18.9. The fourth-order valence-electron chi connectivity index (χ4n) is 5.81. The molecule has 0 unspecified atom stereocenters. The SMILES string of the molecule is Cc1ccc(S(=O)(=O)N[C@@H]2Cc3c[nH]c4c(cccc34)-c3cc(ccc3O)[C@H](CO)NC(=O)[C@@H](Cc3ccccc3)NC2=O)cc1. The van der Waals surface area contributed by atoms with Crippen molar-refractivity contribution in [2.75, 3.05) is 6.61 Å². The van der Waals surface area contributed by atoms with Gasteiger partial charge in [0.25, 0.3) is 0 Å². The molecule has 2 heterocycles. The number of nitrogens with one attached hydrogen (secondary N) is 4. The second-order valence-corrected chi connectivity index (χ2v) is 13.2. The number of phenols is 1. The summed E-state index contributed by atoms with van der Waals surface area (Å²) in [5.41, 5.74) is 4.67. The largest absolute Gasteiger partial charge is 0.507 e. The van der Waals surface area contributed by atoms with Gasteiger partial charge in [0.15, 0.2) is 0 Å². The van der Waals surface area contributed by atoms with Gasteiger partial charge in [-0.2, -0.15) is 4.72 Å². The van der Waals surface area contributed by atoms with E-state index in [-0.39, 0.29) is 23.5 Å². The highest BCUT2D eigenvalue weighted by atomic mass is 32.2. The van der Waals surface area contributed by atoms with Crippen LogP contribution >= 0.6 is 0 Å². The number of H-pyrrole nitrogens is 1. The van der Waals surface area contributed by atoms with Crippen molar-refractivity contribution in [2.45, 2.75) is 42.8 Å². The maximum absolute atomic E-state index is 14.1. The molecule has 0 saturated heterocycles. The minimum atomic E-state index is -4.15. The fraction of sp³-hybridized carbons (Fsp3) is 0.200. The van der Waals surface area contributed by atoms with E-state index in [1.54, 1.807) is 30.5 Å². The Balaban J connectivity index is 1.48. The van der Waals surface area contributed by atoms with Crippen molar-refractivity contribution < 1.29 is 28.2 Å². The van der Waals surface area contributed by atoms with E-state index in [9.17, 15) is 28.2 Å². The summed E-state index contributed by atoms with van der Waals surface area (Å²) in [6, 6.07) is 22.5. The molecule has 0 radical (unpaired) electrons. The van der Waals surface area contributed by atoms with E-state index in [2.05, 4.69) is 20.3 Å². The number of aromatic hydroxyl groups is 1. The predicted molar refractivity (Wildman–Crippen MR) is 174 cm³/mol. The van der Waals surface area contributed by atoms with Crippen LogP contribution in [0.1, 0.15) is 28.3 Å². The molecule has 1 aromatic heterocycles. The number of sulfonamides is 1. The highest BCUT2D eigenvalue weighted by Crippen LogP contribution is 2.37. The van der Waals surface area contributed by atoms with Crippen molar-refractivity contribution in [1.82, 2.24) is 20.3 Å². The van der Waals surface area contributed by atoms with Gasteiger partial charge >= 0.3 is 0 Å². The number of aromatic amines is 1. The molecule has 0 spiro atoms. The number of carbonyl (C=O) groups excluding carboxylic acids is 2. The van der Waals surface area contributed by atoms with Crippen LogP contribution in [-0.2, 0) is 32.5 Å². The number of aryl methyl sites for hydroxylation is 1. The van der Waals surface area contributed by atoms with Crippen LogP contribution in [0.25, 0.3) is 22.0 Å². The third-order valence-corrected chi connectivity index (χ3v) is 9.79. The highest BCUT2D eigenvalue weighted by Gasteiger charge is 2.32. The minimum Gasteiger partial charge on any atom is -0.507 e. The number of aliphatic hydroxyl groups excluding tert-OH is 1. The smallest absolute Gasteiger partial charge is 0.243 e. The highest BCUT2D eigenvalue weighted by molar-refractivity contribution is 7.89. The molecule has 0 fully saturated rings. The van der Waals surface area contributed by atoms with Gasteiger partial charge in [-0.3, -0.25) is 9.59 Å². The first-order valence-corrected chi connectivity index (χ1v) is 16.4. The van der Waals surface area contributed by atoms with E-state index < -0.39 is 46.6 Å². The lowest BCUT2D eigenvalue weighted by molar-refractivity contribution is -0.130. The van der Waals surface area contributed by atoms with Gasteiger partial charge in [-0.25, -0.2) is 8.42 Å². The van der Waals surface area contributed by atoms with Gasteiger partial charge in [0, 0.05) is 29.1 Å². The molecular weight excluding hydrogens is 604 g/mol. The zero-order chi connectivity index (χ0) is 32.4. The Hall–Kier alpha value is -4.97. The molecule has 11 heteroatoms. The van der Waals surface area contributed by atoms with Gasteiger partial charge in [-0.1, -0.05) is 72.3 Å². The minimum absolute atomic E-state index is 0.00196. The molecule has 46 heavy (non-hydrogen) atoms. The molecule has 10 nitrogen and oxygen atoms in total. The van der Waals surface area contributed by atoms with E-state index in [4.69, 9.17) is 0 Å². The first kappa shape index (κ1) is 31.0. The average Bonchev–Trinajstić information content (AvgIpc) is 3.46. The molecule has 4 aromatic carbocycles. The summed E-state index contributed by atoms with van der Waals surface area (Å²) >= 11 is 0. The first-order chi connectivity index (χ1) is 22.1. The van der Waals surface area contributed by atoms with E-state index in [1.165, 1.54) is 18.2 Å². The average molecular weight is 639 g/mol. The van der Waals surface area contributed by atoms with Crippen molar-refractivity contribution in [2.24, 2.45) is 0 Å². The fourth-order valence-corrected chi connectivity index (χ4v) is 7.01. The molecule has 2 amide bonds. The van der Waals surface area contributed by atoms with Crippen molar-refractivity contribution in [3.8, 4) is 16.9 Å². The van der Waals surface area contributed by atoms with Gasteiger partial charge in [0.1, 0.15) is 17.8 Å². The summed E-state index contributed by atoms with van der Waals surface area (Å²) in [5.74, 6) is -1.25. The van der Waals surface area contributed by atoms with Crippen molar-refractivity contribution in [3.63, 3.8) is 0 Å². The van der Waals surface area contributed by atoms with E-state index in [0.29, 0.717) is 27.8 Å². The zero-order valence-corrected chi connectivity index (χ0v) is 25.8. The van der Waals surface area contributed by atoms with Crippen LogP contribution in [0.5, 0.6) is 5.75 Å². The van der Waals surface area contributed by atoms with E-state index >= 15 is 0 Å². The third kappa shape index (κ3) is 6.38. The number of benzene rings is 4. The maximum atomic E-state index is 14.1. The Bertz CT molecular complexity index is 2010. The van der Waals surface area contributed by atoms with Crippen LogP contribution in [0.4, 0.5) is 0 Å². The van der Waals surface area contributed by atoms with Gasteiger partial charge in [0.2, 0.25) is 21.8 Å². The number of aromatic nitrogens is 1. The quantitative estimate of drug-likeness (QED) is 0.167. The third-order valence-electron chi connectivity index (χ3n) is 8.30. The Labute approximate surface area is 266 Å². The van der Waals surface area contributed by atoms with Crippen LogP contribution in [0.15, 0.2) is 102 Å². The van der Waals surface area contributed by atoms with Gasteiger partial charge < -0.3 is 25.8 Å². The molecule has 0 saturated carbocycles. The molecule has 1 aliphatic heterocycles. The molecule has 0 aliphatic carbocycles. The lowest BCUT2D eigenvalue weighted by Crippen LogP contribution is -2.55. The summed E-state index contributed by atoms with van der Waals surface area (Å²) in [4.78, 5) is 31.1. The summed E-state index contributed by atoms with van der Waals surface area (Å²) < 4.78 is 29.7. The van der Waals surface area contributed by atoms with Crippen molar-refractivity contribution in [1.29, 1.82) is 0 Å². The number of rotatable bonds is 6. The summed E-state index contributed by atoms with van der Waals surface area (Å²) in [6.07, 6.45) is 1.79. The van der Waals surface area contributed by atoms with Crippen LogP contribution in [-0.4, -0.2) is 54.1 Å². The molecule has 3 atom stereocenters.